The predicted molar refractivity (Wildman–Crippen MR) is 85.1 cm³/mol. The van der Waals surface area contributed by atoms with Gasteiger partial charge in [0.15, 0.2) is 0 Å². The van der Waals surface area contributed by atoms with Gasteiger partial charge in [0.25, 0.3) is 0 Å². The summed E-state index contributed by atoms with van der Waals surface area (Å²) in [5.74, 6) is -0.209. The molecule has 0 aliphatic carbocycles. The van der Waals surface area contributed by atoms with Gasteiger partial charge in [0.05, 0.1) is 5.56 Å². The highest BCUT2D eigenvalue weighted by Gasteiger charge is 2.15. The molecule has 0 saturated carbocycles. The fourth-order valence-electron chi connectivity index (χ4n) is 1.91. The lowest BCUT2D eigenvalue weighted by atomic mass is 10.1. The molecule has 0 radical (unpaired) electrons. The molecule has 1 amide bonds. The third kappa shape index (κ3) is 3.16. The van der Waals surface area contributed by atoms with Crippen molar-refractivity contribution in [3.05, 3.63) is 44.5 Å². The molecule has 5 heteroatoms. The van der Waals surface area contributed by atoms with Crippen LogP contribution < -0.4 is 5.32 Å². The summed E-state index contributed by atoms with van der Waals surface area (Å²) < 4.78 is 0. The first-order valence-electron chi connectivity index (χ1n) is 6.20. The number of nitrogens with one attached hydrogen (secondary N) is 1. The Morgan fingerprint density at radius 1 is 1.55 bits per heavy atom. The van der Waals surface area contributed by atoms with E-state index in [0.717, 1.165) is 21.7 Å². The summed E-state index contributed by atoms with van der Waals surface area (Å²) in [5.41, 5.74) is 1.61. The molecule has 0 aromatic carbocycles. The third-order valence-electron chi connectivity index (χ3n) is 2.85. The molecule has 102 valence electrons. The van der Waals surface area contributed by atoms with E-state index in [9.17, 15) is 10.1 Å². The zero-order chi connectivity index (χ0) is 14.5. The Morgan fingerprint density at radius 3 is 2.95 bits per heavy atom. The topological polar surface area (TPSA) is 52.9 Å². The van der Waals surface area contributed by atoms with Gasteiger partial charge < -0.3 is 5.32 Å². The van der Waals surface area contributed by atoms with Crippen LogP contribution in [0, 0.1) is 18.3 Å². The van der Waals surface area contributed by atoms with Crippen LogP contribution in [0.2, 0.25) is 0 Å². The smallest absolute Gasteiger partial charge is 0.249 e. The van der Waals surface area contributed by atoms with E-state index in [1.165, 1.54) is 17.4 Å². The minimum absolute atomic E-state index is 0.209. The molecule has 0 bridgehead atoms. The molecule has 2 aromatic rings. The van der Waals surface area contributed by atoms with Gasteiger partial charge in [0.2, 0.25) is 5.91 Å². The maximum Gasteiger partial charge on any atom is 0.249 e. The molecule has 0 atom stereocenters. The number of rotatable bonds is 4. The molecule has 3 nitrogen and oxygen atoms in total. The van der Waals surface area contributed by atoms with E-state index in [1.807, 2.05) is 31.4 Å². The van der Waals surface area contributed by atoms with Crippen LogP contribution in [-0.2, 0) is 11.2 Å². The van der Waals surface area contributed by atoms with Crippen LogP contribution in [0.25, 0.3) is 6.08 Å². The van der Waals surface area contributed by atoms with Crippen LogP contribution in [0.3, 0.4) is 0 Å². The van der Waals surface area contributed by atoms with Crippen molar-refractivity contribution < 1.29 is 4.79 Å². The summed E-state index contributed by atoms with van der Waals surface area (Å²) in [5, 5.41) is 14.6. The van der Waals surface area contributed by atoms with E-state index >= 15 is 0 Å². The Bertz CT molecular complexity index is 676. The van der Waals surface area contributed by atoms with Crippen molar-refractivity contribution in [2.45, 2.75) is 20.3 Å². The van der Waals surface area contributed by atoms with Crippen LogP contribution >= 0.6 is 22.7 Å². The number of amides is 1. The van der Waals surface area contributed by atoms with Crippen molar-refractivity contribution in [3.63, 3.8) is 0 Å². The monoisotopic (exact) mass is 302 g/mol. The second-order valence-corrected chi connectivity index (χ2v) is 6.35. The Labute approximate surface area is 126 Å². The van der Waals surface area contributed by atoms with E-state index in [4.69, 9.17) is 0 Å². The molecule has 0 aliphatic heterocycles. The van der Waals surface area contributed by atoms with E-state index in [2.05, 4.69) is 11.4 Å². The standard InChI is InChI=1S/C15H14N2OS2/c1-3-12-10(2)20-15(13(12)9-16)17-14(18)7-6-11-5-4-8-19-11/h4-8H,3H2,1-2H3,(H,17,18). The molecule has 0 aliphatic rings. The Morgan fingerprint density at radius 2 is 2.35 bits per heavy atom. The minimum atomic E-state index is -0.209. The Hall–Kier alpha value is -1.90. The molecule has 0 saturated heterocycles. The van der Waals surface area contributed by atoms with Gasteiger partial charge in [-0.05, 0) is 36.4 Å². The maximum atomic E-state index is 11.9. The van der Waals surface area contributed by atoms with Crippen molar-refractivity contribution in [1.82, 2.24) is 0 Å². The summed E-state index contributed by atoms with van der Waals surface area (Å²) in [7, 11) is 0. The van der Waals surface area contributed by atoms with E-state index in [1.54, 1.807) is 17.4 Å². The normalized spacial score (nSPS) is 10.7. The summed E-state index contributed by atoms with van der Waals surface area (Å²) in [6.07, 6.45) is 4.06. The Balaban J connectivity index is 2.14. The number of hydrogen-bond donors (Lipinski definition) is 1. The highest BCUT2D eigenvalue weighted by atomic mass is 32.1. The SMILES string of the molecule is CCc1c(C)sc(NC(=O)C=Cc2cccs2)c1C#N. The second-order valence-electron chi connectivity index (χ2n) is 4.14. The molecule has 2 rings (SSSR count). The highest BCUT2D eigenvalue weighted by Crippen LogP contribution is 2.32. The quantitative estimate of drug-likeness (QED) is 0.860. The number of nitriles is 1. The van der Waals surface area contributed by atoms with Gasteiger partial charge in [-0.3, -0.25) is 4.79 Å². The summed E-state index contributed by atoms with van der Waals surface area (Å²) in [4.78, 5) is 14.0. The molecule has 1 N–H and O–H groups in total. The van der Waals surface area contributed by atoms with Gasteiger partial charge in [-0.15, -0.1) is 22.7 Å². The molecule has 0 fully saturated rings. The van der Waals surface area contributed by atoms with Gasteiger partial charge in [0, 0.05) is 15.8 Å². The van der Waals surface area contributed by atoms with Crippen LogP contribution in [0.15, 0.2) is 23.6 Å². The van der Waals surface area contributed by atoms with Crippen LogP contribution in [0.1, 0.15) is 27.8 Å². The molecular formula is C15H14N2OS2. The van der Waals surface area contributed by atoms with Crippen LogP contribution in [-0.4, -0.2) is 5.91 Å². The largest absolute Gasteiger partial charge is 0.313 e. The van der Waals surface area contributed by atoms with Gasteiger partial charge in [0.1, 0.15) is 11.1 Å². The average molecular weight is 302 g/mol. The molecular weight excluding hydrogens is 288 g/mol. The van der Waals surface area contributed by atoms with Crippen molar-refractivity contribution >= 4 is 39.7 Å². The number of anilines is 1. The molecule has 0 spiro atoms. The van der Waals surface area contributed by atoms with Crippen molar-refractivity contribution in [1.29, 1.82) is 5.26 Å². The van der Waals surface area contributed by atoms with E-state index < -0.39 is 0 Å². The van der Waals surface area contributed by atoms with E-state index in [0.29, 0.717) is 10.6 Å². The summed E-state index contributed by atoms with van der Waals surface area (Å²) in [6.45, 7) is 3.99. The van der Waals surface area contributed by atoms with Gasteiger partial charge >= 0.3 is 0 Å². The van der Waals surface area contributed by atoms with Crippen molar-refractivity contribution in [3.8, 4) is 6.07 Å². The van der Waals surface area contributed by atoms with Crippen molar-refractivity contribution in [2.75, 3.05) is 5.32 Å². The minimum Gasteiger partial charge on any atom is -0.313 e. The molecule has 20 heavy (non-hydrogen) atoms. The lowest BCUT2D eigenvalue weighted by Gasteiger charge is -1.99. The molecule has 0 unspecified atom stereocenters. The van der Waals surface area contributed by atoms with Crippen molar-refractivity contribution in [2.24, 2.45) is 0 Å². The Kier molecular flexibility index (Phi) is 4.72. The maximum absolute atomic E-state index is 11.9. The predicted octanol–water partition coefficient (Wildman–Crippen LogP) is 4.20. The van der Waals surface area contributed by atoms with Gasteiger partial charge in [-0.1, -0.05) is 13.0 Å². The number of carbonyl (C=O) groups is 1. The lowest BCUT2D eigenvalue weighted by Crippen LogP contribution is -2.07. The van der Waals surface area contributed by atoms with Gasteiger partial charge in [-0.2, -0.15) is 5.26 Å². The summed E-state index contributed by atoms with van der Waals surface area (Å²) in [6, 6.07) is 6.07. The fourth-order valence-corrected chi connectivity index (χ4v) is 3.62. The zero-order valence-electron chi connectivity index (χ0n) is 11.3. The number of thiophene rings is 2. The number of aryl methyl sites for hydroxylation is 1. The van der Waals surface area contributed by atoms with Gasteiger partial charge in [-0.25, -0.2) is 0 Å². The van der Waals surface area contributed by atoms with Crippen LogP contribution in [0.5, 0.6) is 0 Å². The fraction of sp³-hybridized carbons (Fsp3) is 0.200. The first-order valence-corrected chi connectivity index (χ1v) is 7.90. The first-order chi connectivity index (χ1) is 9.65. The number of nitrogens with zero attached hydrogens (tertiary/aromatic N) is 1. The lowest BCUT2D eigenvalue weighted by molar-refractivity contribution is -0.111. The molecule has 2 aromatic heterocycles. The third-order valence-corrected chi connectivity index (χ3v) is 4.75. The second kappa shape index (κ2) is 6.51. The zero-order valence-corrected chi connectivity index (χ0v) is 12.9. The highest BCUT2D eigenvalue weighted by molar-refractivity contribution is 7.16. The number of carbonyl (C=O) groups excluding carboxylic acids is 1. The first kappa shape index (κ1) is 14.5. The number of hydrogen-bond acceptors (Lipinski definition) is 4. The summed E-state index contributed by atoms with van der Waals surface area (Å²) >= 11 is 3.03. The van der Waals surface area contributed by atoms with E-state index in [-0.39, 0.29) is 5.91 Å². The molecule has 2 heterocycles. The average Bonchev–Trinajstić information content (AvgIpc) is 3.03. The van der Waals surface area contributed by atoms with Crippen LogP contribution in [0.4, 0.5) is 5.00 Å².